The number of hydrogen-bond acceptors (Lipinski definition) is 3. The average Bonchev–Trinajstić information content (AvgIpc) is 2.09. The Morgan fingerprint density at radius 1 is 1.69 bits per heavy atom. The zero-order chi connectivity index (χ0) is 9.68. The molecule has 1 heterocycles. The molecule has 2 N–H and O–H groups in total. The maximum atomic E-state index is 11.4. The topological polar surface area (TPSA) is 44.4 Å². The number of amides is 1. The summed E-state index contributed by atoms with van der Waals surface area (Å²) in [5.41, 5.74) is 0. The third kappa shape index (κ3) is 3.32. The van der Waals surface area contributed by atoms with Crippen LogP contribution in [0.1, 0.15) is 6.92 Å². The van der Waals surface area contributed by atoms with Gasteiger partial charge in [-0.2, -0.15) is 0 Å². The van der Waals surface area contributed by atoms with E-state index in [0.29, 0.717) is 12.5 Å². The first-order valence-corrected chi connectivity index (χ1v) is 4.87. The monoisotopic (exact) mass is 185 g/mol. The summed E-state index contributed by atoms with van der Waals surface area (Å²) in [5, 5.41) is 6.18. The van der Waals surface area contributed by atoms with Gasteiger partial charge in [0.15, 0.2) is 0 Å². The van der Waals surface area contributed by atoms with Crippen LogP contribution in [-0.2, 0) is 4.79 Å². The Kier molecular flexibility index (Phi) is 4.18. The second kappa shape index (κ2) is 5.19. The van der Waals surface area contributed by atoms with E-state index in [1.807, 2.05) is 11.9 Å². The summed E-state index contributed by atoms with van der Waals surface area (Å²) in [4.78, 5) is 13.3. The zero-order valence-electron chi connectivity index (χ0n) is 8.47. The van der Waals surface area contributed by atoms with Crippen molar-refractivity contribution in [3.63, 3.8) is 0 Å². The van der Waals surface area contributed by atoms with Gasteiger partial charge in [-0.25, -0.2) is 0 Å². The van der Waals surface area contributed by atoms with Gasteiger partial charge in [0.2, 0.25) is 5.91 Å². The smallest absolute Gasteiger partial charge is 0.236 e. The molecule has 1 aliphatic heterocycles. The summed E-state index contributed by atoms with van der Waals surface area (Å²) in [7, 11) is 1.94. The highest BCUT2D eigenvalue weighted by atomic mass is 16.2. The van der Waals surface area contributed by atoms with Crippen LogP contribution >= 0.6 is 0 Å². The van der Waals surface area contributed by atoms with Crippen LogP contribution in [0.2, 0.25) is 0 Å². The van der Waals surface area contributed by atoms with E-state index >= 15 is 0 Å². The summed E-state index contributed by atoms with van der Waals surface area (Å²) in [6.45, 7) is 6.29. The van der Waals surface area contributed by atoms with Gasteiger partial charge in [0.1, 0.15) is 0 Å². The van der Waals surface area contributed by atoms with Crippen LogP contribution in [0.25, 0.3) is 0 Å². The molecule has 1 unspecified atom stereocenters. The first-order chi connectivity index (χ1) is 6.24. The molecular formula is C9H19N3O. The van der Waals surface area contributed by atoms with Gasteiger partial charge in [0, 0.05) is 19.6 Å². The molecule has 0 aliphatic carbocycles. The van der Waals surface area contributed by atoms with Crippen LogP contribution in [-0.4, -0.2) is 50.6 Å². The van der Waals surface area contributed by atoms with Gasteiger partial charge in [0.25, 0.3) is 0 Å². The van der Waals surface area contributed by atoms with Crippen LogP contribution in [0, 0.1) is 5.92 Å². The summed E-state index contributed by atoms with van der Waals surface area (Å²) in [6.07, 6.45) is 0. The van der Waals surface area contributed by atoms with Crippen molar-refractivity contribution in [2.45, 2.75) is 6.92 Å². The Hall–Kier alpha value is -0.610. The Bertz CT molecular complexity index is 172. The maximum absolute atomic E-state index is 11.4. The van der Waals surface area contributed by atoms with Crippen molar-refractivity contribution in [3.8, 4) is 0 Å². The van der Waals surface area contributed by atoms with Crippen molar-refractivity contribution in [3.05, 3.63) is 0 Å². The van der Waals surface area contributed by atoms with E-state index < -0.39 is 0 Å². The van der Waals surface area contributed by atoms with E-state index in [2.05, 4.69) is 17.6 Å². The van der Waals surface area contributed by atoms with E-state index in [4.69, 9.17) is 0 Å². The molecule has 13 heavy (non-hydrogen) atoms. The van der Waals surface area contributed by atoms with Crippen molar-refractivity contribution in [2.24, 2.45) is 5.92 Å². The molecule has 0 aromatic rings. The molecule has 0 saturated carbocycles. The van der Waals surface area contributed by atoms with E-state index in [-0.39, 0.29) is 5.91 Å². The lowest BCUT2D eigenvalue weighted by Gasteiger charge is -2.29. The molecule has 0 aromatic carbocycles. The third-order valence-electron chi connectivity index (χ3n) is 2.27. The van der Waals surface area contributed by atoms with Crippen LogP contribution < -0.4 is 10.6 Å². The quantitative estimate of drug-likeness (QED) is 0.607. The van der Waals surface area contributed by atoms with Crippen molar-refractivity contribution < 1.29 is 4.79 Å². The van der Waals surface area contributed by atoms with E-state index in [1.165, 1.54) is 0 Å². The molecule has 0 bridgehead atoms. The van der Waals surface area contributed by atoms with Crippen LogP contribution in [0.4, 0.5) is 0 Å². The third-order valence-corrected chi connectivity index (χ3v) is 2.27. The number of rotatable bonds is 4. The largest absolute Gasteiger partial charge is 0.340 e. The number of nitrogens with one attached hydrogen (secondary N) is 2. The van der Waals surface area contributed by atoms with Gasteiger partial charge in [0.05, 0.1) is 6.54 Å². The number of carbonyl (C=O) groups is 1. The molecule has 1 rings (SSSR count). The van der Waals surface area contributed by atoms with Gasteiger partial charge >= 0.3 is 0 Å². The highest BCUT2D eigenvalue weighted by Gasteiger charge is 2.18. The second-order valence-corrected chi connectivity index (χ2v) is 3.68. The van der Waals surface area contributed by atoms with Crippen molar-refractivity contribution in [1.82, 2.24) is 15.5 Å². The van der Waals surface area contributed by atoms with Crippen LogP contribution in [0.15, 0.2) is 0 Å². The molecule has 1 atom stereocenters. The predicted octanol–water partition coefficient (Wildman–Crippen LogP) is -0.726. The van der Waals surface area contributed by atoms with Crippen LogP contribution in [0.5, 0.6) is 0 Å². The number of carbonyl (C=O) groups excluding carboxylic acids is 1. The van der Waals surface area contributed by atoms with Gasteiger partial charge < -0.3 is 15.5 Å². The second-order valence-electron chi connectivity index (χ2n) is 3.68. The van der Waals surface area contributed by atoms with E-state index in [9.17, 15) is 4.79 Å². The maximum Gasteiger partial charge on any atom is 0.236 e. The van der Waals surface area contributed by atoms with E-state index in [1.54, 1.807) is 0 Å². The number of nitrogens with zero attached hydrogens (tertiary/aromatic N) is 1. The standard InChI is InChI=1S/C9H19N3O/c1-8(5-10-2)7-12-4-3-11-6-9(12)13/h8,10-11H,3-7H2,1-2H3. The van der Waals surface area contributed by atoms with Gasteiger partial charge in [-0.05, 0) is 19.5 Å². The van der Waals surface area contributed by atoms with Crippen molar-refractivity contribution in [2.75, 3.05) is 39.8 Å². The van der Waals surface area contributed by atoms with Crippen molar-refractivity contribution >= 4 is 5.91 Å². The SMILES string of the molecule is CNCC(C)CN1CCNCC1=O. The minimum atomic E-state index is 0.231. The molecule has 4 nitrogen and oxygen atoms in total. The fraction of sp³-hybridized carbons (Fsp3) is 0.889. The zero-order valence-corrected chi connectivity index (χ0v) is 8.47. The Morgan fingerprint density at radius 3 is 3.08 bits per heavy atom. The minimum absolute atomic E-state index is 0.231. The molecule has 0 spiro atoms. The average molecular weight is 185 g/mol. The molecular weight excluding hydrogens is 166 g/mol. The highest BCUT2D eigenvalue weighted by molar-refractivity contribution is 5.78. The molecule has 0 radical (unpaired) electrons. The van der Waals surface area contributed by atoms with Crippen LogP contribution in [0.3, 0.4) is 0 Å². The summed E-state index contributed by atoms with van der Waals surface area (Å²) < 4.78 is 0. The first-order valence-electron chi connectivity index (χ1n) is 4.87. The molecule has 76 valence electrons. The summed E-state index contributed by atoms with van der Waals surface area (Å²) >= 11 is 0. The van der Waals surface area contributed by atoms with Gasteiger partial charge in [-0.1, -0.05) is 6.92 Å². The Morgan fingerprint density at radius 2 is 2.46 bits per heavy atom. The highest BCUT2D eigenvalue weighted by Crippen LogP contribution is 2.01. The van der Waals surface area contributed by atoms with Gasteiger partial charge in [-0.15, -0.1) is 0 Å². The predicted molar refractivity (Wildman–Crippen MR) is 52.5 cm³/mol. The Balaban J connectivity index is 2.29. The number of piperazine rings is 1. The normalized spacial score (nSPS) is 20.5. The molecule has 1 aliphatic rings. The molecule has 1 amide bonds. The minimum Gasteiger partial charge on any atom is -0.340 e. The fourth-order valence-corrected chi connectivity index (χ4v) is 1.63. The molecule has 0 aromatic heterocycles. The summed E-state index contributed by atoms with van der Waals surface area (Å²) in [5.74, 6) is 0.765. The first kappa shape index (κ1) is 10.5. The lowest BCUT2D eigenvalue weighted by Crippen LogP contribution is -2.49. The fourth-order valence-electron chi connectivity index (χ4n) is 1.63. The van der Waals surface area contributed by atoms with E-state index in [0.717, 1.165) is 26.2 Å². The Labute approximate surface area is 79.7 Å². The van der Waals surface area contributed by atoms with Gasteiger partial charge in [-0.3, -0.25) is 4.79 Å². The lowest BCUT2D eigenvalue weighted by molar-refractivity contribution is -0.132. The molecule has 1 saturated heterocycles. The molecule has 1 fully saturated rings. The number of hydrogen-bond donors (Lipinski definition) is 2. The van der Waals surface area contributed by atoms with Crippen molar-refractivity contribution in [1.29, 1.82) is 0 Å². The molecule has 4 heteroatoms. The lowest BCUT2D eigenvalue weighted by atomic mass is 10.1. The summed E-state index contributed by atoms with van der Waals surface area (Å²) in [6, 6.07) is 0.